The van der Waals surface area contributed by atoms with Crippen molar-refractivity contribution in [2.24, 2.45) is 14.1 Å². The van der Waals surface area contributed by atoms with Crippen LogP contribution in [0.2, 0.25) is 0 Å². The Hall–Kier alpha value is -3.93. The molecule has 5 rings (SSSR count). The van der Waals surface area contributed by atoms with E-state index in [1.165, 1.54) is 0 Å². The summed E-state index contributed by atoms with van der Waals surface area (Å²) in [7, 11) is 3.82. The lowest BCUT2D eigenvalue weighted by atomic mass is 10.0. The molecule has 148 valence electrons. The van der Waals surface area contributed by atoms with Gasteiger partial charge in [-0.3, -0.25) is 14.3 Å². The molecule has 0 bridgehead atoms. The van der Waals surface area contributed by atoms with Gasteiger partial charge in [0.05, 0.1) is 11.7 Å². The summed E-state index contributed by atoms with van der Waals surface area (Å²) >= 11 is 0. The van der Waals surface area contributed by atoms with Crippen molar-refractivity contribution < 1.29 is 4.74 Å². The minimum atomic E-state index is 0.389. The summed E-state index contributed by atoms with van der Waals surface area (Å²) in [5, 5.41) is 9.95. The van der Waals surface area contributed by atoms with E-state index in [1.54, 1.807) is 9.36 Å². The largest absolute Gasteiger partial charge is 0.487 e. The van der Waals surface area contributed by atoms with Crippen LogP contribution in [-0.4, -0.2) is 24.5 Å². The molecule has 0 spiro atoms. The Bertz CT molecular complexity index is 1310. The Morgan fingerprint density at radius 3 is 2.47 bits per heavy atom. The number of aryl methyl sites for hydroxylation is 2. The quantitative estimate of drug-likeness (QED) is 0.436. The molecule has 0 aliphatic carbocycles. The maximum absolute atomic E-state index is 6.03. The molecule has 5 aromatic rings. The van der Waals surface area contributed by atoms with Gasteiger partial charge in [-0.25, -0.2) is 0 Å². The van der Waals surface area contributed by atoms with Crippen LogP contribution in [0.1, 0.15) is 5.69 Å². The molecular formula is C24H21N5O. The van der Waals surface area contributed by atoms with Crippen LogP contribution >= 0.6 is 0 Å². The van der Waals surface area contributed by atoms with Gasteiger partial charge < -0.3 is 4.74 Å². The Morgan fingerprint density at radius 1 is 0.833 bits per heavy atom. The molecule has 6 nitrogen and oxygen atoms in total. The number of ether oxygens (including phenoxy) is 1. The fourth-order valence-corrected chi connectivity index (χ4v) is 3.66. The lowest BCUT2D eigenvalue weighted by molar-refractivity contribution is 0.300. The normalized spacial score (nSPS) is 11.1. The first kappa shape index (κ1) is 18.1. The summed E-state index contributed by atoms with van der Waals surface area (Å²) in [5.74, 6) is 0.801. The highest BCUT2D eigenvalue weighted by Gasteiger charge is 2.12. The molecule has 0 saturated heterocycles. The van der Waals surface area contributed by atoms with E-state index in [1.807, 2.05) is 57.1 Å². The van der Waals surface area contributed by atoms with Crippen molar-refractivity contribution >= 4 is 10.9 Å². The van der Waals surface area contributed by atoms with Gasteiger partial charge >= 0.3 is 0 Å². The number of hydrogen-bond donors (Lipinski definition) is 0. The monoisotopic (exact) mass is 395 g/mol. The SMILES string of the molecule is Cn1cc(-c2cn(C)nc2COc2ccc(-c3cccc4cccnc34)cc2)cn1. The van der Waals surface area contributed by atoms with E-state index in [0.29, 0.717) is 6.61 Å². The average molecular weight is 395 g/mol. The van der Waals surface area contributed by atoms with E-state index < -0.39 is 0 Å². The third-order valence-electron chi connectivity index (χ3n) is 5.09. The molecule has 0 amide bonds. The van der Waals surface area contributed by atoms with Crippen molar-refractivity contribution in [1.29, 1.82) is 0 Å². The van der Waals surface area contributed by atoms with Crippen molar-refractivity contribution in [3.63, 3.8) is 0 Å². The van der Waals surface area contributed by atoms with Crippen LogP contribution in [0.3, 0.4) is 0 Å². The van der Waals surface area contributed by atoms with Gasteiger partial charge in [0, 0.05) is 54.8 Å². The van der Waals surface area contributed by atoms with E-state index in [2.05, 4.69) is 51.6 Å². The summed E-state index contributed by atoms with van der Waals surface area (Å²) < 4.78 is 9.62. The van der Waals surface area contributed by atoms with Gasteiger partial charge in [0.1, 0.15) is 18.1 Å². The Kier molecular flexibility index (Phi) is 4.52. The minimum absolute atomic E-state index is 0.389. The van der Waals surface area contributed by atoms with Crippen LogP contribution in [0.25, 0.3) is 33.2 Å². The maximum atomic E-state index is 6.03. The van der Waals surface area contributed by atoms with E-state index in [0.717, 1.165) is 44.6 Å². The third kappa shape index (κ3) is 3.43. The molecular weight excluding hydrogens is 374 g/mol. The van der Waals surface area contributed by atoms with Gasteiger partial charge in [-0.1, -0.05) is 36.4 Å². The first-order valence-corrected chi connectivity index (χ1v) is 9.76. The number of para-hydroxylation sites is 1. The molecule has 3 aromatic heterocycles. The molecule has 3 heterocycles. The first-order chi connectivity index (χ1) is 14.7. The van der Waals surface area contributed by atoms with Crippen LogP contribution in [0.5, 0.6) is 5.75 Å². The zero-order chi connectivity index (χ0) is 20.5. The average Bonchev–Trinajstić information content (AvgIpc) is 3.37. The number of aromatic nitrogens is 5. The molecule has 0 saturated carbocycles. The van der Waals surface area contributed by atoms with Crippen LogP contribution in [0.4, 0.5) is 0 Å². The Morgan fingerprint density at radius 2 is 1.67 bits per heavy atom. The van der Waals surface area contributed by atoms with Crippen molar-refractivity contribution in [3.8, 4) is 28.0 Å². The summed E-state index contributed by atoms with van der Waals surface area (Å²) in [6.45, 7) is 0.389. The lowest BCUT2D eigenvalue weighted by Gasteiger charge is -2.09. The van der Waals surface area contributed by atoms with Gasteiger partial charge in [0.15, 0.2) is 0 Å². The summed E-state index contributed by atoms with van der Waals surface area (Å²) in [6.07, 6.45) is 7.64. The highest BCUT2D eigenvalue weighted by atomic mass is 16.5. The Balaban J connectivity index is 1.36. The summed E-state index contributed by atoms with van der Waals surface area (Å²) in [5.41, 5.74) is 6.17. The highest BCUT2D eigenvalue weighted by Crippen LogP contribution is 2.29. The summed E-state index contributed by atoms with van der Waals surface area (Å²) in [4.78, 5) is 4.55. The minimum Gasteiger partial charge on any atom is -0.487 e. The van der Waals surface area contributed by atoms with E-state index in [4.69, 9.17) is 4.74 Å². The molecule has 0 unspecified atom stereocenters. The molecule has 0 fully saturated rings. The van der Waals surface area contributed by atoms with E-state index in [-0.39, 0.29) is 0 Å². The number of fused-ring (bicyclic) bond motifs is 1. The second-order valence-electron chi connectivity index (χ2n) is 7.26. The topological polar surface area (TPSA) is 57.8 Å². The fraction of sp³-hybridized carbons (Fsp3) is 0.125. The summed E-state index contributed by atoms with van der Waals surface area (Å²) in [6, 6.07) is 18.4. The molecule has 6 heteroatoms. The number of pyridine rings is 1. The number of benzene rings is 2. The zero-order valence-electron chi connectivity index (χ0n) is 16.9. The van der Waals surface area contributed by atoms with Gasteiger partial charge in [0.2, 0.25) is 0 Å². The number of nitrogens with zero attached hydrogens (tertiary/aromatic N) is 5. The van der Waals surface area contributed by atoms with Crippen LogP contribution in [0.15, 0.2) is 79.4 Å². The molecule has 0 radical (unpaired) electrons. The second kappa shape index (κ2) is 7.48. The van der Waals surface area contributed by atoms with Crippen molar-refractivity contribution in [3.05, 3.63) is 85.1 Å². The number of hydrogen-bond acceptors (Lipinski definition) is 4. The molecule has 0 N–H and O–H groups in total. The standard InChI is InChI=1S/C24H21N5O/c1-28-14-19(13-26-28)22-15-29(2)27-23(22)16-30-20-10-8-17(9-11-20)21-7-3-5-18-6-4-12-25-24(18)21/h3-15H,16H2,1-2H3. The molecule has 0 aliphatic heterocycles. The van der Waals surface area contributed by atoms with Gasteiger partial charge in [-0.2, -0.15) is 10.2 Å². The van der Waals surface area contributed by atoms with Gasteiger partial charge in [-0.15, -0.1) is 0 Å². The van der Waals surface area contributed by atoms with Crippen molar-refractivity contribution in [2.45, 2.75) is 6.61 Å². The molecule has 0 aliphatic rings. The van der Waals surface area contributed by atoms with Crippen LogP contribution < -0.4 is 4.74 Å². The highest BCUT2D eigenvalue weighted by molar-refractivity contribution is 5.93. The van der Waals surface area contributed by atoms with E-state index in [9.17, 15) is 0 Å². The van der Waals surface area contributed by atoms with Gasteiger partial charge in [-0.05, 0) is 23.8 Å². The van der Waals surface area contributed by atoms with Gasteiger partial charge in [0.25, 0.3) is 0 Å². The fourth-order valence-electron chi connectivity index (χ4n) is 3.66. The predicted molar refractivity (Wildman–Crippen MR) is 117 cm³/mol. The second-order valence-corrected chi connectivity index (χ2v) is 7.26. The molecule has 30 heavy (non-hydrogen) atoms. The van der Waals surface area contributed by atoms with Crippen LogP contribution in [0, 0.1) is 0 Å². The zero-order valence-corrected chi connectivity index (χ0v) is 16.9. The van der Waals surface area contributed by atoms with Crippen molar-refractivity contribution in [1.82, 2.24) is 24.5 Å². The van der Waals surface area contributed by atoms with Crippen molar-refractivity contribution in [2.75, 3.05) is 0 Å². The molecule has 0 atom stereocenters. The smallest absolute Gasteiger partial charge is 0.133 e. The maximum Gasteiger partial charge on any atom is 0.133 e. The molecule has 2 aromatic carbocycles. The van der Waals surface area contributed by atoms with E-state index >= 15 is 0 Å². The predicted octanol–water partition coefficient (Wildman–Crippen LogP) is 4.61. The first-order valence-electron chi connectivity index (χ1n) is 9.76. The third-order valence-corrected chi connectivity index (χ3v) is 5.09. The van der Waals surface area contributed by atoms with Crippen LogP contribution in [-0.2, 0) is 20.7 Å². The Labute approximate surface area is 174 Å². The number of rotatable bonds is 5. The lowest BCUT2D eigenvalue weighted by Crippen LogP contribution is -1.99.